The zero-order valence-electron chi connectivity index (χ0n) is 19.1. The summed E-state index contributed by atoms with van der Waals surface area (Å²) in [5.41, 5.74) is 1.24. The number of pyridine rings is 1. The van der Waals surface area contributed by atoms with Gasteiger partial charge in [-0.25, -0.2) is 4.79 Å². The van der Waals surface area contributed by atoms with E-state index in [1.165, 1.54) is 0 Å². The molecule has 3 amide bonds. The number of rotatable bonds is 6. The van der Waals surface area contributed by atoms with Crippen LogP contribution in [-0.2, 0) is 32.1 Å². The number of Topliss-reactive ketones (excluding diaryl/α,β-unsaturated/α-hetero) is 1. The third-order valence-corrected chi connectivity index (χ3v) is 5.18. The second-order valence-electron chi connectivity index (χ2n) is 8.11. The van der Waals surface area contributed by atoms with Crippen LogP contribution in [0.1, 0.15) is 25.1 Å². The molecule has 1 aromatic carbocycles. The molecule has 2 atom stereocenters. The summed E-state index contributed by atoms with van der Waals surface area (Å²) in [6, 6.07) is 10.3. The van der Waals surface area contributed by atoms with Crippen molar-refractivity contribution in [3.63, 3.8) is 0 Å². The van der Waals surface area contributed by atoms with Gasteiger partial charge in [0.2, 0.25) is 11.7 Å². The van der Waals surface area contributed by atoms with Crippen molar-refractivity contribution < 1.29 is 28.7 Å². The molecule has 1 aliphatic rings. The number of fused-ring (bicyclic) bond motifs is 1. The number of amides is 3. The summed E-state index contributed by atoms with van der Waals surface area (Å²) in [4.78, 5) is 54.7. The van der Waals surface area contributed by atoms with Crippen molar-refractivity contribution in [2.24, 2.45) is 5.92 Å². The van der Waals surface area contributed by atoms with Crippen molar-refractivity contribution >= 4 is 23.7 Å². The zero-order chi connectivity index (χ0) is 24.5. The topological polar surface area (TPSA) is 136 Å². The van der Waals surface area contributed by atoms with Gasteiger partial charge >= 0.3 is 6.09 Å². The van der Waals surface area contributed by atoms with E-state index >= 15 is 0 Å². The van der Waals surface area contributed by atoms with Gasteiger partial charge in [-0.1, -0.05) is 44.2 Å². The molecule has 0 spiro atoms. The van der Waals surface area contributed by atoms with E-state index in [1.54, 1.807) is 32.2 Å². The number of alkyl carbamates (subject to hydrolysis) is 1. The van der Waals surface area contributed by atoms with Gasteiger partial charge in [0.1, 0.15) is 31.0 Å². The molecule has 180 valence electrons. The van der Waals surface area contributed by atoms with Crippen LogP contribution in [0.15, 0.2) is 48.7 Å². The van der Waals surface area contributed by atoms with Gasteiger partial charge in [0.15, 0.2) is 0 Å². The number of nitrogens with zero attached hydrogens (tertiary/aromatic N) is 1. The molecule has 0 radical (unpaired) electrons. The Labute approximate surface area is 197 Å². The Hall–Kier alpha value is -3.95. The van der Waals surface area contributed by atoms with Gasteiger partial charge in [-0.3, -0.25) is 19.4 Å². The lowest BCUT2D eigenvalue weighted by atomic mass is 10.0. The fraction of sp³-hybridized carbons (Fsp3) is 0.375. The van der Waals surface area contributed by atoms with Crippen molar-refractivity contribution in [2.75, 3.05) is 13.2 Å². The van der Waals surface area contributed by atoms with Crippen molar-refractivity contribution in [3.8, 4) is 5.75 Å². The average molecular weight is 469 g/mol. The summed E-state index contributed by atoms with van der Waals surface area (Å²) in [6.07, 6.45) is 0.726. The van der Waals surface area contributed by atoms with Crippen LogP contribution < -0.4 is 20.7 Å². The number of nitrogens with one attached hydrogen (secondary N) is 3. The Balaban J connectivity index is 1.70. The standard InChI is InChI=1S/C24H28N4O6/c1-15(2)20(28-24(32)34-14-16-7-4-3-5-8-16)22(30)27-18-13-17-19(9-6-10-25-17)33-12-11-26-23(31)21(18)29/h3-10,15,18,20H,11-14H2,1-2H3,(H,26,31)(H,27,30)(H,28,32). The van der Waals surface area contributed by atoms with E-state index in [0.29, 0.717) is 11.4 Å². The molecule has 0 bridgehead atoms. The number of hydrogen-bond acceptors (Lipinski definition) is 7. The second kappa shape index (κ2) is 11.8. The monoisotopic (exact) mass is 468 g/mol. The number of carbonyl (C=O) groups is 4. The smallest absolute Gasteiger partial charge is 0.408 e. The largest absolute Gasteiger partial charge is 0.490 e. The first-order valence-corrected chi connectivity index (χ1v) is 11.0. The van der Waals surface area contributed by atoms with Crippen LogP contribution in [0, 0.1) is 5.92 Å². The van der Waals surface area contributed by atoms with Crippen LogP contribution in [0.4, 0.5) is 4.79 Å². The molecule has 34 heavy (non-hydrogen) atoms. The maximum Gasteiger partial charge on any atom is 0.408 e. The molecule has 0 fully saturated rings. The molecule has 2 aromatic rings. The Morgan fingerprint density at radius 2 is 1.94 bits per heavy atom. The van der Waals surface area contributed by atoms with Crippen LogP contribution in [0.2, 0.25) is 0 Å². The third kappa shape index (κ3) is 6.77. The van der Waals surface area contributed by atoms with Gasteiger partial charge in [0.25, 0.3) is 5.91 Å². The molecule has 3 N–H and O–H groups in total. The fourth-order valence-corrected chi connectivity index (χ4v) is 3.37. The summed E-state index contributed by atoms with van der Waals surface area (Å²) < 4.78 is 10.8. The average Bonchev–Trinajstić information content (AvgIpc) is 2.83. The number of aromatic nitrogens is 1. The van der Waals surface area contributed by atoms with Gasteiger partial charge in [-0.2, -0.15) is 0 Å². The van der Waals surface area contributed by atoms with Gasteiger partial charge in [-0.15, -0.1) is 0 Å². The normalized spacial score (nSPS) is 17.0. The van der Waals surface area contributed by atoms with Crippen molar-refractivity contribution in [3.05, 3.63) is 59.9 Å². The van der Waals surface area contributed by atoms with Crippen LogP contribution >= 0.6 is 0 Å². The Morgan fingerprint density at radius 1 is 1.18 bits per heavy atom. The number of carbonyl (C=O) groups excluding carboxylic acids is 4. The third-order valence-electron chi connectivity index (χ3n) is 5.18. The Kier molecular flexibility index (Phi) is 8.55. The number of ketones is 1. The van der Waals surface area contributed by atoms with E-state index in [4.69, 9.17) is 9.47 Å². The zero-order valence-corrected chi connectivity index (χ0v) is 19.1. The maximum atomic E-state index is 13.1. The quantitative estimate of drug-likeness (QED) is 0.541. The van der Waals surface area contributed by atoms with E-state index in [1.807, 2.05) is 30.3 Å². The van der Waals surface area contributed by atoms with E-state index in [2.05, 4.69) is 20.9 Å². The lowest BCUT2D eigenvalue weighted by molar-refractivity contribution is -0.140. The van der Waals surface area contributed by atoms with Crippen molar-refractivity contribution in [2.45, 2.75) is 39.0 Å². The molecule has 1 aromatic heterocycles. The fourth-order valence-electron chi connectivity index (χ4n) is 3.37. The van der Waals surface area contributed by atoms with E-state index in [-0.39, 0.29) is 32.1 Å². The number of benzene rings is 1. The van der Waals surface area contributed by atoms with Crippen molar-refractivity contribution in [1.29, 1.82) is 0 Å². The second-order valence-corrected chi connectivity index (χ2v) is 8.11. The molecule has 10 heteroatoms. The lowest BCUT2D eigenvalue weighted by Crippen LogP contribution is -2.56. The molecule has 0 saturated carbocycles. The highest BCUT2D eigenvalue weighted by Gasteiger charge is 2.33. The highest BCUT2D eigenvalue weighted by molar-refractivity contribution is 6.38. The Bertz CT molecular complexity index is 1030. The molecular formula is C24H28N4O6. The van der Waals surface area contributed by atoms with E-state index in [0.717, 1.165) is 5.56 Å². The summed E-state index contributed by atoms with van der Waals surface area (Å²) in [5, 5.41) is 7.63. The number of ether oxygens (including phenoxy) is 2. The summed E-state index contributed by atoms with van der Waals surface area (Å²) in [6.45, 7) is 3.84. The van der Waals surface area contributed by atoms with E-state index < -0.39 is 35.8 Å². The minimum Gasteiger partial charge on any atom is -0.490 e. The highest BCUT2D eigenvalue weighted by atomic mass is 16.5. The maximum absolute atomic E-state index is 13.1. The molecule has 3 rings (SSSR count). The molecule has 1 aliphatic heterocycles. The SMILES string of the molecule is CC(C)C(NC(=O)OCc1ccccc1)C(=O)NC1Cc2ncccc2OCCNC(=O)C1=O. The minimum absolute atomic E-state index is 0.0442. The van der Waals surface area contributed by atoms with Crippen LogP contribution in [0.25, 0.3) is 0 Å². The first kappa shape index (κ1) is 24.7. The summed E-state index contributed by atoms with van der Waals surface area (Å²) in [5.74, 6) is -2.10. The van der Waals surface area contributed by atoms with Crippen LogP contribution in [-0.4, -0.2) is 53.9 Å². The molecule has 10 nitrogen and oxygen atoms in total. The molecule has 2 unspecified atom stereocenters. The predicted molar refractivity (Wildman–Crippen MR) is 122 cm³/mol. The first-order valence-electron chi connectivity index (χ1n) is 11.0. The molecular weight excluding hydrogens is 440 g/mol. The molecule has 2 heterocycles. The lowest BCUT2D eigenvalue weighted by Gasteiger charge is -2.25. The van der Waals surface area contributed by atoms with Crippen molar-refractivity contribution in [1.82, 2.24) is 20.9 Å². The first-order chi connectivity index (χ1) is 16.3. The van der Waals surface area contributed by atoms with E-state index in [9.17, 15) is 19.2 Å². The Morgan fingerprint density at radius 3 is 2.68 bits per heavy atom. The van der Waals surface area contributed by atoms with Gasteiger partial charge in [-0.05, 0) is 23.6 Å². The number of hydrogen-bond donors (Lipinski definition) is 3. The summed E-state index contributed by atoms with van der Waals surface area (Å²) >= 11 is 0. The van der Waals surface area contributed by atoms with Gasteiger partial charge in [0.05, 0.1) is 12.2 Å². The predicted octanol–water partition coefficient (Wildman–Crippen LogP) is 1.14. The summed E-state index contributed by atoms with van der Waals surface area (Å²) in [7, 11) is 0. The van der Waals surface area contributed by atoms with Gasteiger partial charge in [0, 0.05) is 12.6 Å². The van der Waals surface area contributed by atoms with Crippen LogP contribution in [0.5, 0.6) is 5.75 Å². The minimum atomic E-state index is -1.19. The van der Waals surface area contributed by atoms with Gasteiger partial charge < -0.3 is 25.4 Å². The van der Waals surface area contributed by atoms with Crippen LogP contribution in [0.3, 0.4) is 0 Å². The highest BCUT2D eigenvalue weighted by Crippen LogP contribution is 2.18. The molecule has 0 saturated heterocycles. The molecule has 0 aliphatic carbocycles.